The molecular weight excluding hydrogens is 244 g/mol. The number of aromatic nitrogens is 4. The quantitative estimate of drug-likeness (QED) is 0.799. The maximum absolute atomic E-state index is 5.37. The van der Waals surface area contributed by atoms with Gasteiger partial charge in [-0.05, 0) is 11.6 Å². The topological polar surface area (TPSA) is 70.2 Å². The van der Waals surface area contributed by atoms with Gasteiger partial charge in [-0.1, -0.05) is 6.08 Å². The maximum atomic E-state index is 5.37. The van der Waals surface area contributed by atoms with Crippen LogP contribution < -0.4 is 0 Å². The van der Waals surface area contributed by atoms with E-state index in [2.05, 4.69) is 36.5 Å². The van der Waals surface area contributed by atoms with Crippen LogP contribution in [0.2, 0.25) is 0 Å². The number of hydrogen-bond acceptors (Lipinski definition) is 6. The average Bonchev–Trinajstić information content (AvgIpc) is 3.01. The molecule has 0 aliphatic carbocycles. The first kappa shape index (κ1) is 12.7. The van der Waals surface area contributed by atoms with Crippen molar-refractivity contribution in [1.29, 1.82) is 0 Å². The number of aromatic amines is 1. The molecule has 3 rings (SSSR count). The van der Waals surface area contributed by atoms with E-state index in [1.165, 1.54) is 5.57 Å². The highest BCUT2D eigenvalue weighted by Crippen LogP contribution is 2.16. The number of hydrogen-bond donors (Lipinski definition) is 1. The van der Waals surface area contributed by atoms with E-state index in [0.29, 0.717) is 0 Å². The lowest BCUT2D eigenvalue weighted by atomic mass is 10.1. The molecule has 1 fully saturated rings. The normalized spacial score (nSPS) is 22.4. The lowest BCUT2D eigenvalue weighted by Gasteiger charge is -2.31. The van der Waals surface area contributed by atoms with Crippen molar-refractivity contribution in [2.24, 2.45) is 0 Å². The van der Waals surface area contributed by atoms with Gasteiger partial charge in [-0.3, -0.25) is 9.80 Å². The molecule has 3 heterocycles. The molecule has 0 atom stereocenters. The highest BCUT2D eigenvalue weighted by Gasteiger charge is 2.18. The molecule has 19 heavy (non-hydrogen) atoms. The van der Waals surface area contributed by atoms with Crippen molar-refractivity contribution in [1.82, 2.24) is 30.4 Å². The highest BCUT2D eigenvalue weighted by molar-refractivity contribution is 5.61. The summed E-state index contributed by atoms with van der Waals surface area (Å²) in [6.45, 7) is 8.10. The minimum absolute atomic E-state index is 0.732. The Kier molecular flexibility index (Phi) is 4.16. The van der Waals surface area contributed by atoms with Crippen LogP contribution in [0.25, 0.3) is 5.57 Å². The molecule has 0 amide bonds. The zero-order valence-corrected chi connectivity index (χ0v) is 11.1. The van der Waals surface area contributed by atoms with Crippen LogP contribution in [0.4, 0.5) is 0 Å². The third kappa shape index (κ3) is 3.37. The van der Waals surface area contributed by atoms with Crippen LogP contribution in [0, 0.1) is 0 Å². The van der Waals surface area contributed by atoms with Gasteiger partial charge in [0.25, 0.3) is 0 Å². The molecule has 0 unspecified atom stereocenters. The Hall–Kier alpha value is -1.31. The third-order valence-corrected chi connectivity index (χ3v) is 3.70. The molecule has 1 N–H and O–H groups in total. The minimum atomic E-state index is 0.732. The van der Waals surface area contributed by atoms with Gasteiger partial charge in [-0.15, -0.1) is 10.2 Å². The summed E-state index contributed by atoms with van der Waals surface area (Å²) in [5.74, 6) is 0.732. The molecule has 7 heteroatoms. The molecule has 2 aliphatic heterocycles. The van der Waals surface area contributed by atoms with E-state index in [-0.39, 0.29) is 0 Å². The molecule has 0 bridgehead atoms. The Balaban J connectivity index is 1.48. The highest BCUT2D eigenvalue weighted by atomic mass is 16.5. The molecule has 104 valence electrons. The SMILES string of the molecule is C1=C(c2nn[nH]n2)CN(CCN2CCOCC2)CC1. The van der Waals surface area contributed by atoms with Crippen molar-refractivity contribution < 1.29 is 4.74 Å². The van der Waals surface area contributed by atoms with E-state index in [9.17, 15) is 0 Å². The molecule has 7 nitrogen and oxygen atoms in total. The van der Waals surface area contributed by atoms with Gasteiger partial charge in [-0.2, -0.15) is 5.21 Å². The second-order valence-electron chi connectivity index (χ2n) is 4.98. The van der Waals surface area contributed by atoms with E-state index in [4.69, 9.17) is 4.74 Å². The Morgan fingerprint density at radius 3 is 2.79 bits per heavy atom. The van der Waals surface area contributed by atoms with Crippen LogP contribution in [0.3, 0.4) is 0 Å². The summed E-state index contributed by atoms with van der Waals surface area (Å²) in [5.41, 5.74) is 1.18. The number of ether oxygens (including phenoxy) is 1. The summed E-state index contributed by atoms with van der Waals surface area (Å²) < 4.78 is 5.37. The van der Waals surface area contributed by atoms with E-state index >= 15 is 0 Å². The van der Waals surface area contributed by atoms with Crippen molar-refractivity contribution in [2.75, 3.05) is 52.5 Å². The fraction of sp³-hybridized carbons (Fsp3) is 0.750. The summed E-state index contributed by atoms with van der Waals surface area (Å²) in [6.07, 6.45) is 3.28. The van der Waals surface area contributed by atoms with Gasteiger partial charge in [0, 0.05) is 44.8 Å². The van der Waals surface area contributed by atoms with Crippen molar-refractivity contribution in [3.05, 3.63) is 11.9 Å². The first-order valence-electron chi connectivity index (χ1n) is 6.87. The summed E-state index contributed by atoms with van der Waals surface area (Å²) >= 11 is 0. The average molecular weight is 264 g/mol. The van der Waals surface area contributed by atoms with E-state index < -0.39 is 0 Å². The molecule has 0 aromatic carbocycles. The summed E-state index contributed by atoms with van der Waals surface area (Å²) in [5, 5.41) is 14.2. The molecule has 0 spiro atoms. The van der Waals surface area contributed by atoms with Gasteiger partial charge in [0.2, 0.25) is 5.82 Å². The van der Waals surface area contributed by atoms with Crippen LogP contribution in [0.15, 0.2) is 6.08 Å². The number of morpholine rings is 1. The van der Waals surface area contributed by atoms with Crippen LogP contribution >= 0.6 is 0 Å². The minimum Gasteiger partial charge on any atom is -0.379 e. The van der Waals surface area contributed by atoms with Crippen molar-refractivity contribution in [3.8, 4) is 0 Å². The number of tetrazole rings is 1. The van der Waals surface area contributed by atoms with Crippen LogP contribution in [0.1, 0.15) is 12.2 Å². The lowest BCUT2D eigenvalue weighted by Crippen LogP contribution is -2.42. The predicted molar refractivity (Wildman–Crippen MR) is 70.5 cm³/mol. The number of H-pyrrole nitrogens is 1. The van der Waals surface area contributed by atoms with Crippen molar-refractivity contribution in [3.63, 3.8) is 0 Å². The molecule has 1 saturated heterocycles. The summed E-state index contributed by atoms with van der Waals surface area (Å²) in [4.78, 5) is 4.93. The van der Waals surface area contributed by atoms with Gasteiger partial charge >= 0.3 is 0 Å². The molecule has 2 aliphatic rings. The van der Waals surface area contributed by atoms with Gasteiger partial charge in [0.05, 0.1) is 13.2 Å². The zero-order chi connectivity index (χ0) is 12.9. The van der Waals surface area contributed by atoms with Gasteiger partial charge in [0.1, 0.15) is 0 Å². The Labute approximate surface area is 112 Å². The fourth-order valence-corrected chi connectivity index (χ4v) is 2.56. The smallest absolute Gasteiger partial charge is 0.201 e. The largest absolute Gasteiger partial charge is 0.379 e. The molecule has 1 aromatic rings. The van der Waals surface area contributed by atoms with Crippen molar-refractivity contribution in [2.45, 2.75) is 6.42 Å². The van der Waals surface area contributed by atoms with Crippen LogP contribution in [-0.4, -0.2) is 82.9 Å². The van der Waals surface area contributed by atoms with E-state index in [0.717, 1.165) is 64.7 Å². The summed E-state index contributed by atoms with van der Waals surface area (Å²) in [6, 6.07) is 0. The second kappa shape index (κ2) is 6.23. The molecule has 0 saturated carbocycles. The van der Waals surface area contributed by atoms with E-state index in [1.54, 1.807) is 0 Å². The van der Waals surface area contributed by atoms with Gasteiger partial charge in [0.15, 0.2) is 0 Å². The summed E-state index contributed by atoms with van der Waals surface area (Å²) in [7, 11) is 0. The second-order valence-corrected chi connectivity index (χ2v) is 4.98. The number of rotatable bonds is 4. The first-order chi connectivity index (χ1) is 9.42. The third-order valence-electron chi connectivity index (χ3n) is 3.70. The molecule has 1 aromatic heterocycles. The van der Waals surface area contributed by atoms with Gasteiger partial charge < -0.3 is 4.74 Å². The van der Waals surface area contributed by atoms with E-state index in [1.807, 2.05) is 0 Å². The zero-order valence-electron chi connectivity index (χ0n) is 11.1. The standard InChI is InChI=1S/C12H20N6O/c1-2-11(12-13-15-16-14-12)10-18(3-1)5-4-17-6-8-19-9-7-17/h2H,1,3-10H2,(H,13,14,15,16). The van der Waals surface area contributed by atoms with Crippen LogP contribution in [-0.2, 0) is 4.74 Å². The van der Waals surface area contributed by atoms with Gasteiger partial charge in [-0.25, -0.2) is 0 Å². The molecular formula is C12H20N6O. The fourth-order valence-electron chi connectivity index (χ4n) is 2.56. The Bertz CT molecular complexity index is 412. The lowest BCUT2D eigenvalue weighted by molar-refractivity contribution is 0.0339. The monoisotopic (exact) mass is 264 g/mol. The van der Waals surface area contributed by atoms with Crippen LogP contribution in [0.5, 0.6) is 0 Å². The predicted octanol–water partition coefficient (Wildman–Crippen LogP) is -0.379. The first-order valence-corrected chi connectivity index (χ1v) is 6.87. The Morgan fingerprint density at radius 1 is 1.16 bits per heavy atom. The van der Waals surface area contributed by atoms with Crippen molar-refractivity contribution >= 4 is 5.57 Å². The Morgan fingerprint density at radius 2 is 2.00 bits per heavy atom. The number of nitrogens with one attached hydrogen (secondary N) is 1. The number of nitrogens with zero attached hydrogens (tertiary/aromatic N) is 5. The molecule has 0 radical (unpaired) electrons. The maximum Gasteiger partial charge on any atom is 0.201 e.